The van der Waals surface area contributed by atoms with Crippen LogP contribution >= 0.6 is 0 Å². The molecule has 3 nitrogen and oxygen atoms in total. The van der Waals surface area contributed by atoms with E-state index in [0.717, 1.165) is 11.1 Å². The zero-order valence-corrected chi connectivity index (χ0v) is 12.1. The SMILES string of the molecule is Cc1ccc(C(=O)NC(C)c2ccccc2C)cc1N. The topological polar surface area (TPSA) is 55.1 Å². The molecule has 0 saturated heterocycles. The molecule has 2 aromatic carbocycles. The van der Waals surface area contributed by atoms with E-state index in [1.165, 1.54) is 5.56 Å². The van der Waals surface area contributed by atoms with Gasteiger partial charge in [-0.15, -0.1) is 0 Å². The summed E-state index contributed by atoms with van der Waals surface area (Å²) in [5.74, 6) is -0.104. The second-order valence-electron chi connectivity index (χ2n) is 5.12. The summed E-state index contributed by atoms with van der Waals surface area (Å²) in [7, 11) is 0. The highest BCUT2D eigenvalue weighted by molar-refractivity contribution is 5.95. The van der Waals surface area contributed by atoms with Crippen molar-refractivity contribution in [3.05, 3.63) is 64.7 Å². The standard InChI is InChI=1S/C17H20N2O/c1-11-6-4-5-7-15(11)13(3)19-17(20)14-9-8-12(2)16(18)10-14/h4-10,13H,18H2,1-3H3,(H,19,20). The third-order valence-electron chi connectivity index (χ3n) is 3.54. The number of carbonyl (C=O) groups excluding carboxylic acids is 1. The molecule has 3 heteroatoms. The van der Waals surface area contributed by atoms with Crippen molar-refractivity contribution in [3.63, 3.8) is 0 Å². The monoisotopic (exact) mass is 268 g/mol. The molecule has 104 valence electrons. The number of hydrogen-bond acceptors (Lipinski definition) is 2. The van der Waals surface area contributed by atoms with E-state index in [1.54, 1.807) is 12.1 Å². The highest BCUT2D eigenvalue weighted by Gasteiger charge is 2.13. The Kier molecular flexibility index (Phi) is 4.08. The van der Waals surface area contributed by atoms with Crippen LogP contribution < -0.4 is 11.1 Å². The van der Waals surface area contributed by atoms with Gasteiger partial charge in [0, 0.05) is 11.3 Å². The van der Waals surface area contributed by atoms with Crippen molar-refractivity contribution < 1.29 is 4.79 Å². The number of nitrogen functional groups attached to an aromatic ring is 1. The van der Waals surface area contributed by atoms with Gasteiger partial charge in [0.1, 0.15) is 0 Å². The molecule has 2 rings (SSSR count). The third kappa shape index (κ3) is 2.99. The van der Waals surface area contributed by atoms with Gasteiger partial charge in [-0.05, 0) is 49.6 Å². The van der Waals surface area contributed by atoms with Gasteiger partial charge in [-0.25, -0.2) is 0 Å². The van der Waals surface area contributed by atoms with Crippen molar-refractivity contribution in [3.8, 4) is 0 Å². The Morgan fingerprint density at radius 1 is 1.10 bits per heavy atom. The molecule has 0 bridgehead atoms. The lowest BCUT2D eigenvalue weighted by molar-refractivity contribution is 0.0940. The van der Waals surface area contributed by atoms with Crippen LogP contribution in [0.4, 0.5) is 5.69 Å². The molecule has 0 radical (unpaired) electrons. The fourth-order valence-corrected chi connectivity index (χ4v) is 2.21. The summed E-state index contributed by atoms with van der Waals surface area (Å²) < 4.78 is 0. The number of amides is 1. The Morgan fingerprint density at radius 3 is 2.45 bits per heavy atom. The summed E-state index contributed by atoms with van der Waals surface area (Å²) in [4.78, 5) is 12.2. The Labute approximate surface area is 119 Å². The molecule has 1 amide bonds. The normalized spacial score (nSPS) is 11.9. The lowest BCUT2D eigenvalue weighted by atomic mass is 10.0. The first-order valence-corrected chi connectivity index (χ1v) is 6.71. The van der Waals surface area contributed by atoms with Gasteiger partial charge in [0.05, 0.1) is 6.04 Å². The van der Waals surface area contributed by atoms with Gasteiger partial charge >= 0.3 is 0 Å². The van der Waals surface area contributed by atoms with E-state index < -0.39 is 0 Å². The molecule has 1 atom stereocenters. The summed E-state index contributed by atoms with van der Waals surface area (Å²) in [6.07, 6.45) is 0. The largest absolute Gasteiger partial charge is 0.398 e. The number of nitrogens with one attached hydrogen (secondary N) is 1. The van der Waals surface area contributed by atoms with Crippen LogP contribution in [-0.2, 0) is 0 Å². The zero-order valence-electron chi connectivity index (χ0n) is 12.1. The fraction of sp³-hybridized carbons (Fsp3) is 0.235. The van der Waals surface area contributed by atoms with Crippen molar-refractivity contribution in [2.75, 3.05) is 5.73 Å². The Morgan fingerprint density at radius 2 is 1.80 bits per heavy atom. The molecule has 2 aromatic rings. The smallest absolute Gasteiger partial charge is 0.251 e. The van der Waals surface area contributed by atoms with Crippen molar-refractivity contribution >= 4 is 11.6 Å². The predicted molar refractivity (Wildman–Crippen MR) is 82.7 cm³/mol. The van der Waals surface area contributed by atoms with Crippen molar-refractivity contribution in [1.82, 2.24) is 5.32 Å². The van der Waals surface area contributed by atoms with E-state index in [-0.39, 0.29) is 11.9 Å². The number of rotatable bonds is 3. The summed E-state index contributed by atoms with van der Waals surface area (Å²) in [5, 5.41) is 3.01. The fourth-order valence-electron chi connectivity index (χ4n) is 2.21. The number of carbonyl (C=O) groups is 1. The van der Waals surface area contributed by atoms with E-state index >= 15 is 0 Å². The van der Waals surface area contributed by atoms with Crippen molar-refractivity contribution in [2.24, 2.45) is 0 Å². The van der Waals surface area contributed by atoms with Crippen LogP contribution in [0.1, 0.15) is 40.0 Å². The highest BCUT2D eigenvalue weighted by Crippen LogP contribution is 2.18. The molecule has 1 unspecified atom stereocenters. The first-order chi connectivity index (χ1) is 9.49. The van der Waals surface area contributed by atoms with E-state index in [2.05, 4.69) is 5.32 Å². The maximum absolute atomic E-state index is 12.2. The number of hydrogen-bond donors (Lipinski definition) is 2. The molecule has 0 fully saturated rings. The van der Waals surface area contributed by atoms with E-state index in [4.69, 9.17) is 5.73 Å². The zero-order chi connectivity index (χ0) is 14.7. The first-order valence-electron chi connectivity index (χ1n) is 6.71. The van der Waals surface area contributed by atoms with E-state index in [1.807, 2.05) is 51.1 Å². The minimum Gasteiger partial charge on any atom is -0.398 e. The van der Waals surface area contributed by atoms with Crippen LogP contribution in [-0.4, -0.2) is 5.91 Å². The molecule has 0 heterocycles. The second kappa shape index (κ2) is 5.78. The average Bonchev–Trinajstić information content (AvgIpc) is 2.42. The summed E-state index contributed by atoms with van der Waals surface area (Å²) >= 11 is 0. The predicted octanol–water partition coefficient (Wildman–Crippen LogP) is 3.38. The lowest BCUT2D eigenvalue weighted by Crippen LogP contribution is -2.27. The maximum atomic E-state index is 12.2. The number of aryl methyl sites for hydroxylation is 2. The van der Waals surface area contributed by atoms with Crippen LogP contribution in [0.2, 0.25) is 0 Å². The Hall–Kier alpha value is -2.29. The van der Waals surface area contributed by atoms with Crippen LogP contribution in [0.15, 0.2) is 42.5 Å². The van der Waals surface area contributed by atoms with Gasteiger partial charge in [0.15, 0.2) is 0 Å². The van der Waals surface area contributed by atoms with Gasteiger partial charge in [-0.2, -0.15) is 0 Å². The van der Waals surface area contributed by atoms with Gasteiger partial charge in [0.25, 0.3) is 5.91 Å². The minimum atomic E-state index is -0.104. The van der Waals surface area contributed by atoms with E-state index in [0.29, 0.717) is 11.3 Å². The van der Waals surface area contributed by atoms with Crippen LogP contribution in [0.25, 0.3) is 0 Å². The Balaban J connectivity index is 2.15. The van der Waals surface area contributed by atoms with E-state index in [9.17, 15) is 4.79 Å². The van der Waals surface area contributed by atoms with Gasteiger partial charge < -0.3 is 11.1 Å². The summed E-state index contributed by atoms with van der Waals surface area (Å²) in [6, 6.07) is 13.4. The second-order valence-corrected chi connectivity index (χ2v) is 5.12. The molecule has 3 N–H and O–H groups in total. The van der Waals surface area contributed by atoms with Crippen LogP contribution in [0.5, 0.6) is 0 Å². The molecular formula is C17H20N2O. The van der Waals surface area contributed by atoms with Gasteiger partial charge in [-0.1, -0.05) is 30.3 Å². The molecular weight excluding hydrogens is 248 g/mol. The first kappa shape index (κ1) is 14.1. The number of nitrogens with two attached hydrogens (primary N) is 1. The van der Waals surface area contributed by atoms with Crippen LogP contribution in [0, 0.1) is 13.8 Å². The third-order valence-corrected chi connectivity index (χ3v) is 3.54. The van der Waals surface area contributed by atoms with Crippen LogP contribution in [0.3, 0.4) is 0 Å². The van der Waals surface area contributed by atoms with Crippen molar-refractivity contribution in [2.45, 2.75) is 26.8 Å². The summed E-state index contributed by atoms with van der Waals surface area (Å²) in [6.45, 7) is 5.95. The number of benzene rings is 2. The van der Waals surface area contributed by atoms with Gasteiger partial charge in [0.2, 0.25) is 0 Å². The Bertz CT molecular complexity index is 635. The molecule has 0 aliphatic rings. The molecule has 0 saturated carbocycles. The highest BCUT2D eigenvalue weighted by atomic mass is 16.1. The molecule has 0 aliphatic carbocycles. The molecule has 0 spiro atoms. The minimum absolute atomic E-state index is 0.0359. The molecule has 0 aromatic heterocycles. The molecule has 0 aliphatic heterocycles. The van der Waals surface area contributed by atoms with Crippen molar-refractivity contribution in [1.29, 1.82) is 0 Å². The summed E-state index contributed by atoms with van der Waals surface area (Å²) in [5.41, 5.74) is 10.4. The number of anilines is 1. The van der Waals surface area contributed by atoms with Gasteiger partial charge in [-0.3, -0.25) is 4.79 Å². The quantitative estimate of drug-likeness (QED) is 0.838. The molecule has 20 heavy (non-hydrogen) atoms. The average molecular weight is 268 g/mol. The maximum Gasteiger partial charge on any atom is 0.251 e. The lowest BCUT2D eigenvalue weighted by Gasteiger charge is -2.17.